The highest BCUT2D eigenvalue weighted by atomic mass is 35.5. The molecule has 0 spiro atoms. The van der Waals surface area contributed by atoms with Crippen molar-refractivity contribution in [3.05, 3.63) is 45.5 Å². The molecule has 1 aromatic carbocycles. The fourth-order valence-corrected chi connectivity index (χ4v) is 6.57. The number of hydrogen-bond donors (Lipinski definition) is 2. The lowest BCUT2D eigenvalue weighted by molar-refractivity contribution is -0.141. The molecule has 38 heavy (non-hydrogen) atoms. The number of carboxylic acid groups (broad SMARTS) is 1. The van der Waals surface area contributed by atoms with Gasteiger partial charge in [-0.1, -0.05) is 49.1 Å². The minimum absolute atomic E-state index is 0.0530. The summed E-state index contributed by atoms with van der Waals surface area (Å²) in [4.78, 5) is 38.8. The molecule has 2 heterocycles. The Labute approximate surface area is 229 Å². The highest BCUT2D eigenvalue weighted by Gasteiger charge is 2.56. The number of fused-ring (bicyclic) bond motifs is 3. The normalized spacial score (nSPS) is 25.2. The quantitative estimate of drug-likeness (QED) is 0.191. The third kappa shape index (κ3) is 5.99. The highest BCUT2D eigenvalue weighted by molar-refractivity contribution is 6.32. The number of benzene rings is 1. The maximum atomic E-state index is 13.4. The SMILES string of the molecule is CCC1=C2[C@@H](CC/C(=C/c3ccc(O)cc3Cl)CC)OC[C@@H]2[C@@H]2C(=O)N(CCCCCC(=O)O)C(=O)[C@@H]2C1. The molecule has 4 rings (SSSR count). The smallest absolute Gasteiger partial charge is 0.303 e. The van der Waals surface area contributed by atoms with E-state index in [4.69, 9.17) is 21.4 Å². The largest absolute Gasteiger partial charge is 0.508 e. The van der Waals surface area contributed by atoms with Gasteiger partial charge in [0, 0.05) is 18.9 Å². The van der Waals surface area contributed by atoms with E-state index in [0.717, 1.165) is 31.2 Å². The van der Waals surface area contributed by atoms with Crippen LogP contribution in [0.1, 0.15) is 77.2 Å². The molecule has 2 aliphatic heterocycles. The number of imide groups is 1. The molecular formula is C30H38ClNO6. The zero-order chi connectivity index (χ0) is 27.4. The number of allylic oxidation sites excluding steroid dienone is 2. The molecule has 206 valence electrons. The Hall–Kier alpha value is -2.64. The van der Waals surface area contributed by atoms with Crippen molar-refractivity contribution in [3.63, 3.8) is 0 Å². The third-order valence-corrected chi connectivity index (χ3v) is 8.65. The van der Waals surface area contributed by atoms with Crippen LogP contribution in [-0.4, -0.2) is 52.2 Å². The summed E-state index contributed by atoms with van der Waals surface area (Å²) < 4.78 is 6.30. The second-order valence-electron chi connectivity index (χ2n) is 10.6. The molecule has 3 aliphatic rings. The zero-order valence-electron chi connectivity index (χ0n) is 22.2. The van der Waals surface area contributed by atoms with Crippen molar-refractivity contribution >= 4 is 35.5 Å². The van der Waals surface area contributed by atoms with E-state index in [9.17, 15) is 19.5 Å². The summed E-state index contributed by atoms with van der Waals surface area (Å²) >= 11 is 6.31. The number of carbonyl (C=O) groups excluding carboxylic acids is 2. The Morgan fingerprint density at radius 1 is 1.13 bits per heavy atom. The van der Waals surface area contributed by atoms with Gasteiger partial charge >= 0.3 is 5.97 Å². The highest BCUT2D eigenvalue weighted by Crippen LogP contribution is 2.50. The minimum Gasteiger partial charge on any atom is -0.508 e. The lowest BCUT2D eigenvalue weighted by Gasteiger charge is -2.31. The Balaban J connectivity index is 1.44. The molecule has 2 amide bonds. The van der Waals surface area contributed by atoms with Crippen LogP contribution in [0, 0.1) is 17.8 Å². The molecule has 0 bridgehead atoms. The molecule has 0 aromatic heterocycles. The van der Waals surface area contributed by atoms with Gasteiger partial charge in [-0.15, -0.1) is 0 Å². The average Bonchev–Trinajstić information content (AvgIpc) is 3.41. The summed E-state index contributed by atoms with van der Waals surface area (Å²) in [5, 5.41) is 19.0. The number of phenolic OH excluding ortho intramolecular Hbond substituents is 1. The number of amides is 2. The Morgan fingerprint density at radius 3 is 2.61 bits per heavy atom. The third-order valence-electron chi connectivity index (χ3n) is 8.32. The molecule has 1 aliphatic carbocycles. The van der Waals surface area contributed by atoms with Crippen LogP contribution in [0.4, 0.5) is 0 Å². The molecule has 1 aromatic rings. The van der Waals surface area contributed by atoms with E-state index in [1.165, 1.54) is 21.6 Å². The van der Waals surface area contributed by atoms with Crippen molar-refractivity contribution in [1.82, 2.24) is 4.90 Å². The first kappa shape index (κ1) is 28.4. The van der Waals surface area contributed by atoms with Crippen LogP contribution in [0.5, 0.6) is 5.75 Å². The molecule has 2 fully saturated rings. The number of ether oxygens (including phenoxy) is 1. The molecule has 0 radical (unpaired) electrons. The van der Waals surface area contributed by atoms with E-state index in [1.54, 1.807) is 12.1 Å². The number of halogens is 1. The van der Waals surface area contributed by atoms with Gasteiger partial charge in [0.15, 0.2) is 0 Å². The van der Waals surface area contributed by atoms with Crippen molar-refractivity contribution in [2.24, 2.45) is 17.8 Å². The van der Waals surface area contributed by atoms with E-state index in [0.29, 0.717) is 43.9 Å². The zero-order valence-corrected chi connectivity index (χ0v) is 23.0. The molecule has 4 atom stereocenters. The van der Waals surface area contributed by atoms with Gasteiger partial charge < -0.3 is 14.9 Å². The summed E-state index contributed by atoms with van der Waals surface area (Å²) in [7, 11) is 0. The van der Waals surface area contributed by atoms with Gasteiger partial charge in [-0.3, -0.25) is 19.3 Å². The maximum absolute atomic E-state index is 13.4. The number of aromatic hydroxyl groups is 1. The second kappa shape index (κ2) is 12.5. The number of aliphatic carboxylic acids is 1. The van der Waals surface area contributed by atoms with Crippen molar-refractivity contribution < 1.29 is 29.3 Å². The molecule has 0 saturated carbocycles. The fraction of sp³-hybridized carbons (Fsp3) is 0.567. The number of nitrogens with zero attached hydrogens (tertiary/aromatic N) is 1. The van der Waals surface area contributed by atoms with Gasteiger partial charge in [0.25, 0.3) is 0 Å². The lowest BCUT2D eigenvalue weighted by atomic mass is 9.69. The van der Waals surface area contributed by atoms with Crippen LogP contribution < -0.4 is 0 Å². The van der Waals surface area contributed by atoms with Crippen molar-refractivity contribution in [2.45, 2.75) is 77.7 Å². The van der Waals surface area contributed by atoms with Crippen LogP contribution in [-0.2, 0) is 19.1 Å². The molecule has 7 nitrogen and oxygen atoms in total. The van der Waals surface area contributed by atoms with Gasteiger partial charge in [-0.05, 0) is 74.3 Å². The van der Waals surface area contributed by atoms with Crippen LogP contribution in [0.2, 0.25) is 5.02 Å². The number of carbonyl (C=O) groups is 3. The topological polar surface area (TPSA) is 104 Å². The second-order valence-corrected chi connectivity index (χ2v) is 11.0. The first-order valence-corrected chi connectivity index (χ1v) is 14.2. The summed E-state index contributed by atoms with van der Waals surface area (Å²) in [5.74, 6) is -1.56. The Kier molecular flexibility index (Phi) is 9.32. The van der Waals surface area contributed by atoms with Crippen LogP contribution >= 0.6 is 11.6 Å². The van der Waals surface area contributed by atoms with E-state index < -0.39 is 5.97 Å². The van der Waals surface area contributed by atoms with Crippen molar-refractivity contribution in [3.8, 4) is 5.75 Å². The first-order valence-electron chi connectivity index (χ1n) is 13.8. The van der Waals surface area contributed by atoms with Gasteiger partial charge in [0.1, 0.15) is 5.75 Å². The van der Waals surface area contributed by atoms with E-state index >= 15 is 0 Å². The average molecular weight is 544 g/mol. The predicted octanol–water partition coefficient (Wildman–Crippen LogP) is 5.99. The number of hydrogen-bond acceptors (Lipinski definition) is 5. The summed E-state index contributed by atoms with van der Waals surface area (Å²) in [6, 6.07) is 4.99. The van der Waals surface area contributed by atoms with Gasteiger partial charge in [-0.2, -0.15) is 0 Å². The first-order chi connectivity index (χ1) is 18.2. The van der Waals surface area contributed by atoms with Gasteiger partial charge in [-0.25, -0.2) is 0 Å². The van der Waals surface area contributed by atoms with E-state index in [1.807, 2.05) is 6.07 Å². The number of likely N-dealkylation sites (tertiary alicyclic amines) is 1. The number of rotatable bonds is 12. The minimum atomic E-state index is -0.823. The Bertz CT molecular complexity index is 1140. The lowest BCUT2D eigenvalue weighted by Crippen LogP contribution is -2.34. The van der Waals surface area contributed by atoms with Crippen LogP contribution in [0.15, 0.2) is 34.9 Å². The molecule has 2 saturated heterocycles. The van der Waals surface area contributed by atoms with Crippen LogP contribution in [0.3, 0.4) is 0 Å². The monoisotopic (exact) mass is 543 g/mol. The summed E-state index contributed by atoms with van der Waals surface area (Å²) in [5.41, 5.74) is 4.60. The predicted molar refractivity (Wildman–Crippen MR) is 146 cm³/mol. The number of unbranched alkanes of at least 4 members (excludes halogenated alkanes) is 2. The molecule has 2 N–H and O–H groups in total. The summed E-state index contributed by atoms with van der Waals surface area (Å²) in [6.45, 7) is 5.05. The van der Waals surface area contributed by atoms with E-state index in [2.05, 4.69) is 19.9 Å². The fourth-order valence-electron chi connectivity index (χ4n) is 6.34. The summed E-state index contributed by atoms with van der Waals surface area (Å²) in [6.07, 6.45) is 7.94. The molecule has 8 heteroatoms. The standard InChI is InChI=1S/C30H38ClNO6/c1-3-18(14-20-10-11-21(33)16-24(20)31)9-12-25-27-19(4-2)15-22-28(23(27)17-38-25)30(37)32(29(22)36)13-7-5-6-8-26(34)35/h10-11,14,16,22-23,25,28,33H,3-9,12-13,15,17H2,1-2H3,(H,34,35)/b18-14+/t22-,23+,25-,28-/m1/s1. The number of carboxylic acids is 1. The van der Waals surface area contributed by atoms with Crippen molar-refractivity contribution in [1.29, 1.82) is 0 Å². The number of phenols is 1. The van der Waals surface area contributed by atoms with E-state index in [-0.39, 0.29) is 47.8 Å². The Morgan fingerprint density at radius 2 is 1.92 bits per heavy atom. The molecule has 0 unspecified atom stereocenters. The van der Waals surface area contributed by atoms with Crippen LogP contribution in [0.25, 0.3) is 6.08 Å². The van der Waals surface area contributed by atoms with Crippen molar-refractivity contribution in [2.75, 3.05) is 13.2 Å². The van der Waals surface area contributed by atoms with Gasteiger partial charge in [0.2, 0.25) is 11.8 Å². The molecular weight excluding hydrogens is 506 g/mol. The van der Waals surface area contributed by atoms with Gasteiger partial charge in [0.05, 0.1) is 29.6 Å². The maximum Gasteiger partial charge on any atom is 0.303 e.